The summed E-state index contributed by atoms with van der Waals surface area (Å²) in [4.78, 5) is 22.3. The van der Waals surface area contributed by atoms with Gasteiger partial charge in [0, 0.05) is 23.7 Å². The Morgan fingerprint density at radius 2 is 2.24 bits per heavy atom. The molecule has 1 saturated heterocycles. The highest BCUT2D eigenvalue weighted by Crippen LogP contribution is 2.23. The second kappa shape index (κ2) is 6.74. The lowest BCUT2D eigenvalue weighted by Gasteiger charge is -2.02. The minimum absolute atomic E-state index is 0.139. The predicted molar refractivity (Wildman–Crippen MR) is 70.0 cm³/mol. The van der Waals surface area contributed by atoms with Crippen molar-refractivity contribution in [1.82, 2.24) is 0 Å². The molecule has 0 saturated carbocycles. The average Bonchev–Trinajstić information content (AvgIpc) is 2.58. The number of ketones is 1. The molecule has 1 aliphatic heterocycles. The molecule has 1 heterocycles. The second-order valence-electron chi connectivity index (χ2n) is 4.26. The maximum atomic E-state index is 11.5. The first kappa shape index (κ1) is 14.2. The minimum atomic E-state index is -0.253. The number of alkyl halides is 1. The van der Waals surface area contributed by atoms with Crippen LogP contribution in [0.2, 0.25) is 0 Å². The number of allylic oxidation sites excluding steroid dienone is 2. The van der Waals surface area contributed by atoms with E-state index in [4.69, 9.17) is 4.74 Å². The number of carbonyl (C=O) groups excluding carboxylic acids is 2. The third-order valence-corrected chi connectivity index (χ3v) is 3.39. The number of cyclic esters (lactones) is 1. The van der Waals surface area contributed by atoms with Crippen LogP contribution in [-0.2, 0) is 14.3 Å². The van der Waals surface area contributed by atoms with Gasteiger partial charge in [0.1, 0.15) is 11.9 Å². The molecule has 1 aliphatic rings. The molecule has 94 valence electrons. The standard InChI is InChI=1S/C13H17BrO3/c1-9(8-14)6-12-7-11(13(16)17-12)5-3-4-10(2)15/h5-6,12H,3-4,7-8H2,1-2H3/b9-6+,11-5+/t12-/m1/s1. The van der Waals surface area contributed by atoms with Crippen molar-refractivity contribution in [3.05, 3.63) is 23.3 Å². The van der Waals surface area contributed by atoms with Crippen LogP contribution < -0.4 is 0 Å². The molecule has 0 unspecified atom stereocenters. The van der Waals surface area contributed by atoms with Crippen molar-refractivity contribution in [1.29, 1.82) is 0 Å². The topological polar surface area (TPSA) is 43.4 Å². The summed E-state index contributed by atoms with van der Waals surface area (Å²) >= 11 is 3.35. The fraction of sp³-hybridized carbons (Fsp3) is 0.538. The summed E-state index contributed by atoms with van der Waals surface area (Å²) in [6.07, 6.45) is 5.34. The van der Waals surface area contributed by atoms with Crippen LogP contribution in [0.4, 0.5) is 0 Å². The molecule has 0 bridgehead atoms. The zero-order valence-electron chi connectivity index (χ0n) is 10.2. The molecule has 17 heavy (non-hydrogen) atoms. The molecule has 0 spiro atoms. The van der Waals surface area contributed by atoms with Crippen molar-refractivity contribution in [3.63, 3.8) is 0 Å². The monoisotopic (exact) mass is 300 g/mol. The zero-order valence-corrected chi connectivity index (χ0v) is 11.7. The second-order valence-corrected chi connectivity index (χ2v) is 4.83. The van der Waals surface area contributed by atoms with Crippen LogP contribution in [0, 0.1) is 0 Å². The van der Waals surface area contributed by atoms with Crippen LogP contribution in [0.5, 0.6) is 0 Å². The normalized spacial score (nSPS) is 23.0. The van der Waals surface area contributed by atoms with Gasteiger partial charge in [-0.25, -0.2) is 4.79 Å². The first-order chi connectivity index (χ1) is 8.02. The number of ether oxygens (including phenoxy) is 1. The summed E-state index contributed by atoms with van der Waals surface area (Å²) in [7, 11) is 0. The Labute approximate surface area is 110 Å². The highest BCUT2D eigenvalue weighted by Gasteiger charge is 2.26. The van der Waals surface area contributed by atoms with Crippen molar-refractivity contribution in [2.45, 2.75) is 39.2 Å². The number of halogens is 1. The van der Waals surface area contributed by atoms with Gasteiger partial charge in [-0.3, -0.25) is 0 Å². The molecule has 3 nitrogen and oxygen atoms in total. The molecule has 0 aromatic carbocycles. The summed E-state index contributed by atoms with van der Waals surface area (Å²) in [5.41, 5.74) is 1.84. The maximum Gasteiger partial charge on any atom is 0.334 e. The molecule has 1 rings (SSSR count). The van der Waals surface area contributed by atoms with E-state index in [0.29, 0.717) is 24.8 Å². The minimum Gasteiger partial charge on any atom is -0.454 e. The lowest BCUT2D eigenvalue weighted by Crippen LogP contribution is -2.03. The molecule has 4 heteroatoms. The van der Waals surface area contributed by atoms with E-state index in [1.807, 2.05) is 19.1 Å². The zero-order chi connectivity index (χ0) is 12.8. The predicted octanol–water partition coefficient (Wildman–Crippen LogP) is 2.94. The van der Waals surface area contributed by atoms with Gasteiger partial charge in [0.25, 0.3) is 0 Å². The first-order valence-electron chi connectivity index (χ1n) is 5.65. The number of hydrogen-bond donors (Lipinski definition) is 0. The first-order valence-corrected chi connectivity index (χ1v) is 6.77. The summed E-state index contributed by atoms with van der Waals surface area (Å²) in [6.45, 7) is 3.54. The number of carbonyl (C=O) groups is 2. The van der Waals surface area contributed by atoms with Gasteiger partial charge in [-0.15, -0.1) is 0 Å². The van der Waals surface area contributed by atoms with E-state index in [-0.39, 0.29) is 17.9 Å². The SMILES string of the molecule is CC(=O)CC/C=C1\C[C@@H](/C=C(\C)CBr)OC1=O. The fourth-order valence-electron chi connectivity index (χ4n) is 1.63. The fourth-order valence-corrected chi connectivity index (χ4v) is 1.81. The molecule has 1 fully saturated rings. The van der Waals surface area contributed by atoms with E-state index in [1.165, 1.54) is 0 Å². The quantitative estimate of drug-likeness (QED) is 0.339. The third-order valence-electron chi connectivity index (χ3n) is 2.51. The largest absolute Gasteiger partial charge is 0.454 e. The van der Waals surface area contributed by atoms with Crippen molar-refractivity contribution in [2.75, 3.05) is 5.33 Å². The third kappa shape index (κ3) is 4.86. The number of esters is 1. The average molecular weight is 301 g/mol. The molecule has 0 N–H and O–H groups in total. The van der Waals surface area contributed by atoms with Crippen molar-refractivity contribution >= 4 is 27.7 Å². The summed E-state index contributed by atoms with van der Waals surface area (Å²) in [6, 6.07) is 0. The molecule has 0 aromatic rings. The molecular formula is C13H17BrO3. The Morgan fingerprint density at radius 3 is 2.82 bits per heavy atom. The van der Waals surface area contributed by atoms with Gasteiger partial charge in [-0.05, 0) is 26.3 Å². The molecular weight excluding hydrogens is 284 g/mol. The highest BCUT2D eigenvalue weighted by molar-refractivity contribution is 9.09. The van der Waals surface area contributed by atoms with Crippen molar-refractivity contribution in [2.24, 2.45) is 0 Å². The lowest BCUT2D eigenvalue weighted by molar-refractivity contribution is -0.137. The summed E-state index contributed by atoms with van der Waals surface area (Å²) < 4.78 is 5.21. The van der Waals surface area contributed by atoms with Crippen LogP contribution in [0.1, 0.15) is 33.1 Å². The van der Waals surface area contributed by atoms with E-state index < -0.39 is 0 Å². The van der Waals surface area contributed by atoms with Crippen LogP contribution in [0.3, 0.4) is 0 Å². The van der Waals surface area contributed by atoms with E-state index >= 15 is 0 Å². The van der Waals surface area contributed by atoms with Crippen LogP contribution >= 0.6 is 15.9 Å². The van der Waals surface area contributed by atoms with Gasteiger partial charge >= 0.3 is 5.97 Å². The van der Waals surface area contributed by atoms with E-state index in [1.54, 1.807) is 6.92 Å². The Kier molecular flexibility index (Phi) is 5.62. The van der Waals surface area contributed by atoms with Crippen LogP contribution in [-0.4, -0.2) is 23.2 Å². The van der Waals surface area contributed by atoms with E-state index in [2.05, 4.69) is 15.9 Å². The number of Topliss-reactive ketones (excluding diaryl/α,β-unsaturated/α-hetero) is 1. The van der Waals surface area contributed by atoms with Gasteiger partial charge in [0.2, 0.25) is 0 Å². The summed E-state index contributed by atoms with van der Waals surface area (Å²) in [5, 5.41) is 0.782. The Hall–Kier alpha value is -0.900. The van der Waals surface area contributed by atoms with Crippen molar-refractivity contribution < 1.29 is 14.3 Å². The molecule has 0 radical (unpaired) electrons. The Morgan fingerprint density at radius 1 is 1.53 bits per heavy atom. The molecule has 0 aliphatic carbocycles. The van der Waals surface area contributed by atoms with Gasteiger partial charge in [-0.2, -0.15) is 0 Å². The van der Waals surface area contributed by atoms with Gasteiger partial charge < -0.3 is 9.53 Å². The number of rotatable bonds is 5. The summed E-state index contributed by atoms with van der Waals surface area (Å²) in [5.74, 6) is -0.114. The Balaban J connectivity index is 2.55. The van der Waals surface area contributed by atoms with Crippen LogP contribution in [0.25, 0.3) is 0 Å². The molecule has 0 amide bonds. The van der Waals surface area contributed by atoms with E-state index in [9.17, 15) is 9.59 Å². The Bertz CT molecular complexity index is 369. The van der Waals surface area contributed by atoms with Gasteiger partial charge in [-0.1, -0.05) is 27.6 Å². The molecule has 0 aromatic heterocycles. The van der Waals surface area contributed by atoms with Crippen LogP contribution in [0.15, 0.2) is 23.3 Å². The van der Waals surface area contributed by atoms with Gasteiger partial charge in [0.15, 0.2) is 0 Å². The maximum absolute atomic E-state index is 11.5. The highest BCUT2D eigenvalue weighted by atomic mass is 79.9. The smallest absolute Gasteiger partial charge is 0.334 e. The van der Waals surface area contributed by atoms with Gasteiger partial charge in [0.05, 0.1) is 0 Å². The molecule has 1 atom stereocenters. The number of hydrogen-bond acceptors (Lipinski definition) is 3. The van der Waals surface area contributed by atoms with E-state index in [0.717, 1.165) is 10.9 Å². The lowest BCUT2D eigenvalue weighted by atomic mass is 10.1. The van der Waals surface area contributed by atoms with Crippen molar-refractivity contribution in [3.8, 4) is 0 Å².